The van der Waals surface area contributed by atoms with Crippen molar-refractivity contribution in [1.82, 2.24) is 14.9 Å². The van der Waals surface area contributed by atoms with E-state index in [2.05, 4.69) is 9.97 Å². The van der Waals surface area contributed by atoms with Crippen LogP contribution in [0.1, 0.15) is 10.4 Å². The standard InChI is InChI=1S/C19H18N4O2S/c20-18-17(15-5-10-26-12-15)22-16(11-21-18)13-1-3-14(4-2-13)19(24)23-6-8-25-9-7-23/h1-5,10-12H,6-9H2,(H2,20,21). The Hall–Kier alpha value is -2.77. The fourth-order valence-corrected chi connectivity index (χ4v) is 3.52. The summed E-state index contributed by atoms with van der Waals surface area (Å²) in [6.45, 7) is 2.45. The minimum atomic E-state index is 0.0298. The number of carbonyl (C=O) groups excluding carboxylic acids is 1. The van der Waals surface area contributed by atoms with Crippen LogP contribution in [-0.4, -0.2) is 47.1 Å². The lowest BCUT2D eigenvalue weighted by Crippen LogP contribution is -2.40. The molecule has 1 aliphatic rings. The maximum absolute atomic E-state index is 12.5. The molecular weight excluding hydrogens is 348 g/mol. The minimum Gasteiger partial charge on any atom is -0.382 e. The van der Waals surface area contributed by atoms with Gasteiger partial charge in [-0.05, 0) is 23.6 Å². The molecule has 2 aromatic heterocycles. The summed E-state index contributed by atoms with van der Waals surface area (Å²) in [6, 6.07) is 9.42. The van der Waals surface area contributed by atoms with Crippen molar-refractivity contribution in [1.29, 1.82) is 0 Å². The van der Waals surface area contributed by atoms with Gasteiger partial charge in [0.05, 0.1) is 25.1 Å². The maximum atomic E-state index is 12.5. The number of nitrogens with zero attached hydrogens (tertiary/aromatic N) is 3. The molecule has 3 aromatic rings. The van der Waals surface area contributed by atoms with Crippen LogP contribution in [-0.2, 0) is 4.74 Å². The second-order valence-corrected chi connectivity index (χ2v) is 6.76. The molecule has 1 fully saturated rings. The van der Waals surface area contributed by atoms with E-state index in [4.69, 9.17) is 10.5 Å². The molecule has 6 nitrogen and oxygen atoms in total. The molecule has 0 radical (unpaired) electrons. The lowest BCUT2D eigenvalue weighted by atomic mass is 10.1. The van der Waals surface area contributed by atoms with Crippen molar-refractivity contribution < 1.29 is 9.53 Å². The maximum Gasteiger partial charge on any atom is 0.254 e. The van der Waals surface area contributed by atoms with Crippen molar-refractivity contribution in [3.63, 3.8) is 0 Å². The number of anilines is 1. The topological polar surface area (TPSA) is 81.3 Å². The lowest BCUT2D eigenvalue weighted by Gasteiger charge is -2.26. The van der Waals surface area contributed by atoms with Crippen LogP contribution >= 0.6 is 11.3 Å². The first kappa shape index (κ1) is 16.7. The Balaban J connectivity index is 1.59. The number of amides is 1. The molecule has 132 valence electrons. The summed E-state index contributed by atoms with van der Waals surface area (Å²) in [7, 11) is 0. The fraction of sp³-hybridized carbons (Fsp3) is 0.211. The molecule has 0 atom stereocenters. The van der Waals surface area contributed by atoms with E-state index < -0.39 is 0 Å². The number of aromatic nitrogens is 2. The molecule has 1 aromatic carbocycles. The smallest absolute Gasteiger partial charge is 0.254 e. The summed E-state index contributed by atoms with van der Waals surface area (Å²) >= 11 is 1.59. The first-order valence-corrected chi connectivity index (χ1v) is 9.29. The number of hydrogen-bond donors (Lipinski definition) is 1. The summed E-state index contributed by atoms with van der Waals surface area (Å²) in [4.78, 5) is 23.3. The molecule has 0 unspecified atom stereocenters. The van der Waals surface area contributed by atoms with Gasteiger partial charge >= 0.3 is 0 Å². The number of ether oxygens (including phenoxy) is 1. The molecule has 0 spiro atoms. The van der Waals surface area contributed by atoms with E-state index in [1.54, 1.807) is 17.5 Å². The molecule has 7 heteroatoms. The highest BCUT2D eigenvalue weighted by Crippen LogP contribution is 2.27. The molecule has 0 aliphatic carbocycles. The van der Waals surface area contributed by atoms with E-state index in [9.17, 15) is 4.79 Å². The summed E-state index contributed by atoms with van der Waals surface area (Å²) in [6.07, 6.45) is 1.66. The van der Waals surface area contributed by atoms with E-state index in [1.807, 2.05) is 46.0 Å². The van der Waals surface area contributed by atoms with E-state index in [-0.39, 0.29) is 5.91 Å². The first-order chi connectivity index (χ1) is 12.7. The third-order valence-electron chi connectivity index (χ3n) is 4.32. The Kier molecular flexibility index (Phi) is 4.64. The molecule has 26 heavy (non-hydrogen) atoms. The van der Waals surface area contributed by atoms with Crippen LogP contribution in [0, 0.1) is 0 Å². The lowest BCUT2D eigenvalue weighted by molar-refractivity contribution is 0.0303. The number of morpholine rings is 1. The van der Waals surface area contributed by atoms with E-state index >= 15 is 0 Å². The van der Waals surface area contributed by atoms with E-state index in [1.165, 1.54) is 0 Å². The number of benzene rings is 1. The van der Waals surface area contributed by atoms with Gasteiger partial charge in [0.15, 0.2) is 0 Å². The molecule has 4 rings (SSSR count). The zero-order valence-electron chi connectivity index (χ0n) is 14.1. The van der Waals surface area contributed by atoms with Crippen LogP contribution in [0.5, 0.6) is 0 Å². The van der Waals surface area contributed by atoms with Gasteiger partial charge in [-0.25, -0.2) is 9.97 Å². The highest BCUT2D eigenvalue weighted by molar-refractivity contribution is 7.08. The average molecular weight is 366 g/mol. The van der Waals surface area contributed by atoms with Gasteiger partial charge in [0.2, 0.25) is 0 Å². The van der Waals surface area contributed by atoms with E-state index in [0.717, 1.165) is 16.8 Å². The third-order valence-corrected chi connectivity index (χ3v) is 5.00. The monoisotopic (exact) mass is 366 g/mol. The Morgan fingerprint density at radius 3 is 2.58 bits per heavy atom. The number of carbonyl (C=O) groups is 1. The van der Waals surface area contributed by atoms with Crippen LogP contribution in [0.15, 0.2) is 47.3 Å². The van der Waals surface area contributed by atoms with Crippen LogP contribution in [0.4, 0.5) is 5.82 Å². The minimum absolute atomic E-state index is 0.0298. The number of hydrogen-bond acceptors (Lipinski definition) is 6. The van der Waals surface area contributed by atoms with Crippen LogP contribution in [0.2, 0.25) is 0 Å². The predicted octanol–water partition coefficient (Wildman–Crippen LogP) is 2.93. The summed E-state index contributed by atoms with van der Waals surface area (Å²) in [5.41, 5.74) is 9.90. The third kappa shape index (κ3) is 3.31. The predicted molar refractivity (Wildman–Crippen MR) is 102 cm³/mol. The Labute approximate surface area is 155 Å². The van der Waals surface area contributed by atoms with Crippen molar-refractivity contribution in [2.24, 2.45) is 0 Å². The van der Waals surface area contributed by atoms with Gasteiger partial charge in [0, 0.05) is 35.2 Å². The van der Waals surface area contributed by atoms with Gasteiger partial charge in [-0.1, -0.05) is 12.1 Å². The normalized spacial score (nSPS) is 14.4. The molecule has 1 aliphatic heterocycles. The van der Waals surface area contributed by atoms with E-state index in [0.29, 0.717) is 43.4 Å². The molecule has 0 saturated carbocycles. The second-order valence-electron chi connectivity index (χ2n) is 5.98. The average Bonchev–Trinajstić information content (AvgIpc) is 3.23. The summed E-state index contributed by atoms with van der Waals surface area (Å²) < 4.78 is 5.30. The first-order valence-electron chi connectivity index (χ1n) is 8.35. The largest absolute Gasteiger partial charge is 0.382 e. The Morgan fingerprint density at radius 2 is 1.88 bits per heavy atom. The number of thiophene rings is 1. The van der Waals surface area contributed by atoms with Gasteiger partial charge in [-0.15, -0.1) is 0 Å². The zero-order chi connectivity index (χ0) is 17.9. The SMILES string of the molecule is Nc1ncc(-c2ccc(C(=O)N3CCOCC3)cc2)nc1-c1ccsc1. The number of nitrogens with two attached hydrogens (primary N) is 1. The molecule has 1 amide bonds. The van der Waals surface area contributed by atoms with Gasteiger partial charge in [-0.3, -0.25) is 4.79 Å². The van der Waals surface area contributed by atoms with Crippen LogP contribution in [0.3, 0.4) is 0 Å². The highest BCUT2D eigenvalue weighted by Gasteiger charge is 2.18. The molecule has 3 heterocycles. The quantitative estimate of drug-likeness (QED) is 0.771. The van der Waals surface area contributed by atoms with Crippen LogP contribution in [0.25, 0.3) is 22.5 Å². The second kappa shape index (κ2) is 7.23. The number of rotatable bonds is 3. The van der Waals surface area contributed by atoms with Crippen molar-refractivity contribution in [3.05, 3.63) is 52.9 Å². The van der Waals surface area contributed by atoms with Crippen LogP contribution < -0.4 is 5.73 Å². The van der Waals surface area contributed by atoms with Crippen molar-refractivity contribution in [2.75, 3.05) is 32.0 Å². The summed E-state index contributed by atoms with van der Waals surface area (Å²) in [5, 5.41) is 3.98. The summed E-state index contributed by atoms with van der Waals surface area (Å²) in [5.74, 6) is 0.438. The fourth-order valence-electron chi connectivity index (χ4n) is 2.88. The Bertz CT molecular complexity index is 904. The number of nitrogen functional groups attached to an aromatic ring is 1. The van der Waals surface area contributed by atoms with Gasteiger partial charge in [0.25, 0.3) is 5.91 Å². The molecule has 1 saturated heterocycles. The van der Waals surface area contributed by atoms with Crippen molar-refractivity contribution >= 4 is 23.1 Å². The molecule has 2 N–H and O–H groups in total. The van der Waals surface area contributed by atoms with Gasteiger partial charge in [0.1, 0.15) is 11.5 Å². The highest BCUT2D eigenvalue weighted by atomic mass is 32.1. The van der Waals surface area contributed by atoms with Crippen molar-refractivity contribution in [3.8, 4) is 22.5 Å². The van der Waals surface area contributed by atoms with Crippen molar-refractivity contribution in [2.45, 2.75) is 0 Å². The Morgan fingerprint density at radius 1 is 1.12 bits per heavy atom. The zero-order valence-corrected chi connectivity index (χ0v) is 14.9. The molecule has 0 bridgehead atoms. The van der Waals surface area contributed by atoms with Gasteiger partial charge < -0.3 is 15.4 Å². The van der Waals surface area contributed by atoms with Gasteiger partial charge in [-0.2, -0.15) is 11.3 Å². The molecular formula is C19H18N4O2S.